The SMILES string of the molecule is CCOc1ccc(/C=C2\CCC[C@@H]3C2=NN(C(=O)CN2N=N[C@@H]4C(=O)N(c5ccccc5)C(=O)[C@@H]42)[C@@H]3c2ccc(OCC)cc2)cc1. The van der Waals surface area contributed by atoms with Gasteiger partial charge < -0.3 is 9.47 Å². The lowest BCUT2D eigenvalue weighted by atomic mass is 9.77. The lowest BCUT2D eigenvalue weighted by Gasteiger charge is -2.30. The van der Waals surface area contributed by atoms with E-state index in [0.29, 0.717) is 18.9 Å². The van der Waals surface area contributed by atoms with Gasteiger partial charge in [-0.15, -0.1) is 0 Å². The van der Waals surface area contributed by atoms with Crippen LogP contribution < -0.4 is 14.4 Å². The van der Waals surface area contributed by atoms with E-state index >= 15 is 0 Å². The van der Waals surface area contributed by atoms with Crippen molar-refractivity contribution in [2.24, 2.45) is 21.4 Å². The van der Waals surface area contributed by atoms with E-state index in [-0.39, 0.29) is 24.4 Å². The number of benzene rings is 3. The molecule has 0 radical (unpaired) electrons. The number of amides is 3. The summed E-state index contributed by atoms with van der Waals surface area (Å²) < 4.78 is 11.3. The molecule has 240 valence electrons. The van der Waals surface area contributed by atoms with E-state index in [0.717, 1.165) is 58.1 Å². The quantitative estimate of drug-likeness (QED) is 0.284. The van der Waals surface area contributed by atoms with Crippen molar-refractivity contribution in [3.05, 3.63) is 95.6 Å². The van der Waals surface area contributed by atoms with Crippen molar-refractivity contribution in [1.29, 1.82) is 0 Å². The minimum atomic E-state index is -0.992. The summed E-state index contributed by atoms with van der Waals surface area (Å²) in [4.78, 5) is 42.0. The van der Waals surface area contributed by atoms with Crippen molar-refractivity contribution in [2.75, 3.05) is 24.7 Å². The number of ether oxygens (including phenoxy) is 2. The third kappa shape index (κ3) is 5.66. The molecule has 4 atom stereocenters. The Hall–Kier alpha value is -5.32. The first-order chi connectivity index (χ1) is 23.0. The number of nitrogens with zero attached hydrogens (tertiary/aromatic N) is 6. The molecule has 1 saturated heterocycles. The van der Waals surface area contributed by atoms with E-state index < -0.39 is 23.9 Å². The first kappa shape index (κ1) is 30.3. The topological polar surface area (TPSA) is 116 Å². The number of anilines is 1. The Bertz CT molecular complexity index is 1750. The van der Waals surface area contributed by atoms with Crippen LogP contribution in [-0.4, -0.2) is 65.3 Å². The maximum absolute atomic E-state index is 14.2. The largest absolute Gasteiger partial charge is 0.494 e. The molecule has 11 heteroatoms. The zero-order valence-electron chi connectivity index (χ0n) is 26.4. The molecule has 1 saturated carbocycles. The average molecular weight is 633 g/mol. The van der Waals surface area contributed by atoms with Gasteiger partial charge in [0, 0.05) is 5.92 Å². The highest BCUT2D eigenvalue weighted by molar-refractivity contribution is 6.25. The molecule has 11 nitrogen and oxygen atoms in total. The Kier molecular flexibility index (Phi) is 8.28. The van der Waals surface area contributed by atoms with E-state index in [9.17, 15) is 14.4 Å². The standard InChI is InChI=1S/C36H36N6O5/c1-3-46-27-17-13-23(14-18-27)21-25-9-8-12-29-31(25)38-42(33(29)24-15-19-28(20-16-24)47-4-2)30(43)22-40-34-32(37-39-40)35(44)41(36(34)45)26-10-6-5-7-11-26/h5-7,10-11,13-21,29,32-34H,3-4,8-9,12,22H2,1-2H3/b25-21+/t29-,32+,33-,34-/m1/s1. The van der Waals surface area contributed by atoms with E-state index in [2.05, 4.69) is 16.4 Å². The predicted octanol–water partition coefficient (Wildman–Crippen LogP) is 5.60. The number of hydrogen-bond acceptors (Lipinski definition) is 9. The molecule has 3 aromatic carbocycles. The van der Waals surface area contributed by atoms with Crippen LogP contribution in [0.15, 0.2) is 99.9 Å². The van der Waals surface area contributed by atoms with Gasteiger partial charge in [0.1, 0.15) is 18.0 Å². The van der Waals surface area contributed by atoms with Crippen molar-refractivity contribution < 1.29 is 23.9 Å². The first-order valence-electron chi connectivity index (χ1n) is 16.1. The van der Waals surface area contributed by atoms with Gasteiger partial charge in [-0.05, 0) is 92.3 Å². The van der Waals surface area contributed by atoms with Crippen molar-refractivity contribution >= 4 is 35.2 Å². The second-order valence-electron chi connectivity index (χ2n) is 11.9. The van der Waals surface area contributed by atoms with Crippen LogP contribution in [0, 0.1) is 5.92 Å². The number of rotatable bonds is 9. The van der Waals surface area contributed by atoms with E-state index in [1.54, 1.807) is 29.3 Å². The van der Waals surface area contributed by atoms with E-state index in [1.807, 2.05) is 68.4 Å². The highest BCUT2D eigenvalue weighted by atomic mass is 16.5. The van der Waals surface area contributed by atoms with Crippen LogP contribution in [0.4, 0.5) is 5.69 Å². The fraction of sp³-hybridized carbons (Fsp3) is 0.333. The molecule has 2 fully saturated rings. The normalized spacial score (nSPS) is 24.1. The lowest BCUT2D eigenvalue weighted by Crippen LogP contribution is -2.45. The average Bonchev–Trinajstić information content (AvgIpc) is 3.76. The minimum Gasteiger partial charge on any atom is -0.494 e. The Labute approximate surface area is 273 Å². The molecule has 4 aliphatic rings. The number of carbonyl (C=O) groups excluding carboxylic acids is 3. The summed E-state index contributed by atoms with van der Waals surface area (Å²) in [5.74, 6) is 0.323. The van der Waals surface area contributed by atoms with E-state index in [1.165, 1.54) is 5.01 Å². The predicted molar refractivity (Wildman–Crippen MR) is 176 cm³/mol. The monoisotopic (exact) mass is 632 g/mol. The zero-order chi connectivity index (χ0) is 32.5. The number of para-hydroxylation sites is 1. The molecule has 3 heterocycles. The molecule has 0 spiro atoms. The van der Waals surface area contributed by atoms with Gasteiger partial charge in [-0.25, -0.2) is 9.91 Å². The molecule has 3 amide bonds. The molecular weight excluding hydrogens is 596 g/mol. The van der Waals surface area contributed by atoms with Crippen LogP contribution in [0.2, 0.25) is 0 Å². The number of hydrogen-bond donors (Lipinski definition) is 0. The van der Waals surface area contributed by atoms with Gasteiger partial charge in [0.25, 0.3) is 17.7 Å². The molecule has 1 aliphatic carbocycles. The van der Waals surface area contributed by atoms with Crippen molar-refractivity contribution in [3.8, 4) is 11.5 Å². The molecule has 0 N–H and O–H groups in total. The second-order valence-corrected chi connectivity index (χ2v) is 11.9. The lowest BCUT2D eigenvalue weighted by molar-refractivity contribution is -0.136. The number of allylic oxidation sites excluding steroid dienone is 1. The van der Waals surface area contributed by atoms with Crippen LogP contribution in [-0.2, 0) is 14.4 Å². The first-order valence-corrected chi connectivity index (χ1v) is 16.1. The van der Waals surface area contributed by atoms with Gasteiger partial charge in [0.15, 0.2) is 12.1 Å². The summed E-state index contributed by atoms with van der Waals surface area (Å²) in [6.45, 7) is 4.80. The summed E-state index contributed by atoms with van der Waals surface area (Å²) in [5, 5.41) is 16.1. The van der Waals surface area contributed by atoms with Gasteiger partial charge in [0.05, 0.1) is 30.7 Å². The molecule has 0 bridgehead atoms. The van der Waals surface area contributed by atoms with Gasteiger partial charge in [-0.1, -0.05) is 47.7 Å². The van der Waals surface area contributed by atoms with Gasteiger partial charge in [0.2, 0.25) is 0 Å². The van der Waals surface area contributed by atoms with Gasteiger partial charge in [-0.3, -0.25) is 19.4 Å². The molecule has 47 heavy (non-hydrogen) atoms. The Morgan fingerprint density at radius 3 is 2.23 bits per heavy atom. The Balaban J connectivity index is 1.18. The molecule has 3 aromatic rings. The smallest absolute Gasteiger partial charge is 0.264 e. The van der Waals surface area contributed by atoms with Crippen LogP contribution in [0.1, 0.15) is 50.3 Å². The van der Waals surface area contributed by atoms with Crippen LogP contribution in [0.3, 0.4) is 0 Å². The molecule has 3 aliphatic heterocycles. The van der Waals surface area contributed by atoms with Crippen molar-refractivity contribution in [1.82, 2.24) is 10.0 Å². The Morgan fingerprint density at radius 1 is 0.872 bits per heavy atom. The molecule has 0 unspecified atom stereocenters. The highest BCUT2D eigenvalue weighted by Crippen LogP contribution is 2.45. The maximum atomic E-state index is 14.2. The third-order valence-electron chi connectivity index (χ3n) is 8.99. The highest BCUT2D eigenvalue weighted by Gasteiger charge is 2.55. The van der Waals surface area contributed by atoms with Crippen LogP contribution >= 0.6 is 0 Å². The van der Waals surface area contributed by atoms with Crippen molar-refractivity contribution in [2.45, 2.75) is 51.2 Å². The minimum absolute atomic E-state index is 0.0178. The van der Waals surface area contributed by atoms with Crippen LogP contribution in [0.5, 0.6) is 11.5 Å². The summed E-state index contributed by atoms with van der Waals surface area (Å²) >= 11 is 0. The maximum Gasteiger partial charge on any atom is 0.264 e. The number of fused-ring (bicyclic) bond motifs is 2. The number of hydrazone groups is 1. The van der Waals surface area contributed by atoms with Gasteiger partial charge in [-0.2, -0.15) is 10.2 Å². The Morgan fingerprint density at radius 2 is 1.55 bits per heavy atom. The second kappa shape index (κ2) is 12.8. The summed E-state index contributed by atoms with van der Waals surface area (Å²) in [6, 6.07) is 22.2. The van der Waals surface area contributed by atoms with Crippen LogP contribution in [0.25, 0.3) is 6.08 Å². The van der Waals surface area contributed by atoms with Gasteiger partial charge >= 0.3 is 0 Å². The molecular formula is C36H36N6O5. The fourth-order valence-corrected chi connectivity index (χ4v) is 6.89. The summed E-state index contributed by atoms with van der Waals surface area (Å²) in [7, 11) is 0. The molecule has 0 aromatic heterocycles. The van der Waals surface area contributed by atoms with Crippen molar-refractivity contribution in [3.63, 3.8) is 0 Å². The third-order valence-corrected chi connectivity index (χ3v) is 8.99. The summed E-state index contributed by atoms with van der Waals surface area (Å²) in [6.07, 6.45) is 4.81. The fourth-order valence-electron chi connectivity index (χ4n) is 6.89. The number of imide groups is 1. The zero-order valence-corrected chi connectivity index (χ0v) is 26.4. The molecule has 7 rings (SSSR count). The number of carbonyl (C=O) groups is 3. The van der Waals surface area contributed by atoms with E-state index in [4.69, 9.17) is 14.6 Å². The summed E-state index contributed by atoms with van der Waals surface area (Å²) in [5.41, 5.74) is 4.42.